The molecule has 4 rings (SSSR count). The molecular weight excluding hydrogens is 360 g/mol. The maximum atomic E-state index is 12.7. The number of rotatable bonds is 3. The minimum Gasteiger partial charge on any atom is -0.352 e. The van der Waals surface area contributed by atoms with Gasteiger partial charge in [-0.1, -0.05) is 6.92 Å². The molecule has 0 aromatic carbocycles. The van der Waals surface area contributed by atoms with Gasteiger partial charge >= 0.3 is 0 Å². The maximum absolute atomic E-state index is 12.7. The third-order valence-electron chi connectivity index (χ3n) is 5.68. The molecule has 0 radical (unpaired) electrons. The Morgan fingerprint density at radius 2 is 2.07 bits per heavy atom. The fourth-order valence-corrected chi connectivity index (χ4v) is 5.12. The summed E-state index contributed by atoms with van der Waals surface area (Å²) in [6.45, 7) is 3.74. The van der Waals surface area contributed by atoms with Crippen molar-refractivity contribution in [3.8, 4) is 0 Å². The molecule has 1 aliphatic heterocycles. The second kappa shape index (κ2) is 7.46. The fraction of sp³-hybridized carbons (Fsp3) is 0.550. The lowest BCUT2D eigenvalue weighted by Crippen LogP contribution is -2.46. The number of nitrogens with zero attached hydrogens (tertiary/aromatic N) is 3. The number of amides is 1. The number of carbonyl (C=O) groups is 1. The quantitative estimate of drug-likeness (QED) is 0.879. The minimum absolute atomic E-state index is 0.0502. The first-order valence-corrected chi connectivity index (χ1v) is 10.5. The lowest BCUT2D eigenvalue weighted by molar-refractivity contribution is 0.0935. The van der Waals surface area contributed by atoms with Crippen molar-refractivity contribution in [3.63, 3.8) is 0 Å². The predicted molar refractivity (Wildman–Crippen MR) is 108 cm³/mol. The van der Waals surface area contributed by atoms with Gasteiger partial charge in [0.15, 0.2) is 5.82 Å². The zero-order valence-electron chi connectivity index (χ0n) is 15.9. The number of fused-ring (bicyclic) bond motifs is 1. The van der Waals surface area contributed by atoms with Crippen LogP contribution in [0, 0.1) is 5.92 Å². The summed E-state index contributed by atoms with van der Waals surface area (Å²) >= 11 is 1.66. The van der Waals surface area contributed by atoms with Crippen molar-refractivity contribution in [1.29, 1.82) is 0 Å². The highest BCUT2D eigenvalue weighted by Crippen LogP contribution is 2.32. The van der Waals surface area contributed by atoms with Crippen molar-refractivity contribution in [2.75, 3.05) is 18.0 Å². The summed E-state index contributed by atoms with van der Waals surface area (Å²) in [6, 6.07) is 2.25. The molecule has 3 heterocycles. The number of aryl methyl sites for hydroxylation is 2. The van der Waals surface area contributed by atoms with Crippen LogP contribution < -0.4 is 15.8 Å². The number of piperidine rings is 1. The van der Waals surface area contributed by atoms with E-state index in [-0.39, 0.29) is 17.5 Å². The average Bonchev–Trinajstić information content (AvgIpc) is 3.08. The van der Waals surface area contributed by atoms with Crippen LogP contribution in [0.5, 0.6) is 0 Å². The van der Waals surface area contributed by atoms with Crippen molar-refractivity contribution in [2.24, 2.45) is 13.0 Å². The van der Waals surface area contributed by atoms with Gasteiger partial charge in [0.25, 0.3) is 11.5 Å². The van der Waals surface area contributed by atoms with Crippen molar-refractivity contribution >= 4 is 23.1 Å². The van der Waals surface area contributed by atoms with Crippen LogP contribution in [-0.2, 0) is 19.9 Å². The molecule has 6 nitrogen and oxygen atoms in total. The van der Waals surface area contributed by atoms with E-state index in [0.717, 1.165) is 43.6 Å². The van der Waals surface area contributed by atoms with Crippen LogP contribution in [0.15, 0.2) is 23.3 Å². The molecule has 1 aliphatic carbocycles. The number of thiophene rings is 1. The molecule has 0 bridgehead atoms. The standard InChI is InChI=1S/C20H26N4O2S/c1-13-3-4-16-14(11-13)12-17(27-16)19(25)22-15-5-8-24(9-6-15)18-20(26)23(2)10-7-21-18/h7,10,12-13,15H,3-6,8-9,11H2,1-2H3,(H,22,25). The van der Waals surface area contributed by atoms with E-state index < -0.39 is 0 Å². The molecule has 1 saturated heterocycles. The van der Waals surface area contributed by atoms with E-state index in [1.807, 2.05) is 4.90 Å². The molecule has 1 amide bonds. The third-order valence-corrected chi connectivity index (χ3v) is 6.92. The smallest absolute Gasteiger partial charge is 0.293 e. The number of anilines is 1. The van der Waals surface area contributed by atoms with Crippen LogP contribution in [0.4, 0.5) is 5.82 Å². The fourth-order valence-electron chi connectivity index (χ4n) is 4.01. The number of nitrogens with one attached hydrogen (secondary N) is 1. The lowest BCUT2D eigenvalue weighted by atomic mass is 9.90. The van der Waals surface area contributed by atoms with E-state index in [1.54, 1.807) is 35.3 Å². The van der Waals surface area contributed by atoms with E-state index in [9.17, 15) is 9.59 Å². The molecular formula is C20H26N4O2S. The van der Waals surface area contributed by atoms with Crippen molar-refractivity contribution in [2.45, 2.75) is 45.1 Å². The van der Waals surface area contributed by atoms with E-state index in [4.69, 9.17) is 0 Å². The summed E-state index contributed by atoms with van der Waals surface area (Å²) < 4.78 is 1.55. The molecule has 7 heteroatoms. The topological polar surface area (TPSA) is 67.2 Å². The van der Waals surface area contributed by atoms with Gasteiger partial charge in [-0.25, -0.2) is 4.98 Å². The van der Waals surface area contributed by atoms with Crippen molar-refractivity contribution in [3.05, 3.63) is 44.1 Å². The summed E-state index contributed by atoms with van der Waals surface area (Å²) in [7, 11) is 1.74. The van der Waals surface area contributed by atoms with Gasteiger partial charge in [-0.15, -0.1) is 11.3 Å². The molecule has 1 unspecified atom stereocenters. The first kappa shape index (κ1) is 18.2. The molecule has 1 atom stereocenters. The van der Waals surface area contributed by atoms with Gasteiger partial charge in [0.2, 0.25) is 0 Å². The van der Waals surface area contributed by atoms with Gasteiger partial charge in [0, 0.05) is 43.4 Å². The maximum Gasteiger partial charge on any atom is 0.293 e. The first-order valence-electron chi connectivity index (χ1n) is 9.70. The van der Waals surface area contributed by atoms with Crippen LogP contribution in [0.2, 0.25) is 0 Å². The predicted octanol–water partition coefficient (Wildman–Crippen LogP) is 2.37. The molecule has 2 aromatic rings. The Kier molecular flexibility index (Phi) is 5.04. The number of aromatic nitrogens is 2. The zero-order valence-corrected chi connectivity index (χ0v) is 16.7. The summed E-state index contributed by atoms with van der Waals surface area (Å²) in [4.78, 5) is 33.4. The first-order chi connectivity index (χ1) is 13.0. The Morgan fingerprint density at radius 3 is 2.85 bits per heavy atom. The summed E-state index contributed by atoms with van der Waals surface area (Å²) in [5, 5.41) is 3.19. The van der Waals surface area contributed by atoms with Crippen molar-refractivity contribution in [1.82, 2.24) is 14.9 Å². The second-order valence-corrected chi connectivity index (χ2v) is 8.95. The Bertz CT molecular complexity index is 896. The highest BCUT2D eigenvalue weighted by molar-refractivity contribution is 7.14. The zero-order chi connectivity index (χ0) is 19.0. The summed E-state index contributed by atoms with van der Waals surface area (Å²) in [5.41, 5.74) is 1.29. The minimum atomic E-state index is -0.0709. The molecule has 1 N–H and O–H groups in total. The van der Waals surface area contributed by atoms with Crippen molar-refractivity contribution < 1.29 is 4.79 Å². The molecule has 0 spiro atoms. The van der Waals surface area contributed by atoms with Crippen LogP contribution in [0.25, 0.3) is 0 Å². The molecule has 0 saturated carbocycles. The highest BCUT2D eigenvalue weighted by atomic mass is 32.1. The van der Waals surface area contributed by atoms with Gasteiger partial charge in [-0.3, -0.25) is 9.59 Å². The summed E-state index contributed by atoms with van der Waals surface area (Å²) in [6.07, 6.45) is 8.40. The molecule has 2 aliphatic rings. The van der Waals surface area contributed by atoms with E-state index >= 15 is 0 Å². The van der Waals surface area contributed by atoms with Gasteiger partial charge in [0.1, 0.15) is 0 Å². The number of carbonyl (C=O) groups excluding carboxylic acids is 1. The summed E-state index contributed by atoms with van der Waals surface area (Å²) in [5.74, 6) is 1.27. The highest BCUT2D eigenvalue weighted by Gasteiger charge is 2.25. The number of hydrogen-bond donors (Lipinski definition) is 1. The van der Waals surface area contributed by atoms with Crippen LogP contribution in [0.3, 0.4) is 0 Å². The monoisotopic (exact) mass is 386 g/mol. The molecule has 1 fully saturated rings. The Morgan fingerprint density at radius 1 is 1.30 bits per heavy atom. The molecule has 27 heavy (non-hydrogen) atoms. The van der Waals surface area contributed by atoms with E-state index in [2.05, 4.69) is 23.3 Å². The van der Waals surface area contributed by atoms with E-state index in [0.29, 0.717) is 11.7 Å². The van der Waals surface area contributed by atoms with Crippen LogP contribution in [-0.4, -0.2) is 34.6 Å². The lowest BCUT2D eigenvalue weighted by Gasteiger charge is -2.32. The largest absolute Gasteiger partial charge is 0.352 e. The Hall–Kier alpha value is -2.15. The van der Waals surface area contributed by atoms with Gasteiger partial charge in [-0.05, 0) is 49.7 Å². The normalized spacial score (nSPS) is 20.4. The van der Waals surface area contributed by atoms with Gasteiger partial charge in [0.05, 0.1) is 4.88 Å². The van der Waals surface area contributed by atoms with Gasteiger partial charge in [-0.2, -0.15) is 0 Å². The van der Waals surface area contributed by atoms with Gasteiger partial charge < -0.3 is 14.8 Å². The SMILES string of the molecule is CC1CCc2sc(C(=O)NC3CCN(c4nccn(C)c4=O)CC3)cc2C1. The van der Waals surface area contributed by atoms with Crippen LogP contribution in [0.1, 0.15) is 46.3 Å². The third kappa shape index (κ3) is 3.78. The second-order valence-electron chi connectivity index (χ2n) is 7.81. The number of hydrogen-bond acceptors (Lipinski definition) is 5. The van der Waals surface area contributed by atoms with Crippen LogP contribution >= 0.6 is 11.3 Å². The molecule has 144 valence electrons. The van der Waals surface area contributed by atoms with E-state index in [1.165, 1.54) is 16.9 Å². The Balaban J connectivity index is 1.36. The Labute approximate surface area is 163 Å². The average molecular weight is 387 g/mol. The molecule has 2 aromatic heterocycles.